The molecule has 0 radical (unpaired) electrons. The molecule has 3 N–H and O–H groups in total. The summed E-state index contributed by atoms with van der Waals surface area (Å²) < 4.78 is 2.29. The summed E-state index contributed by atoms with van der Waals surface area (Å²) in [7, 11) is 0. The SMILES string of the molecule is Nc1ncnc2c1c(-c1cc3nc(Nc4ccccc4)ccc3cc1Cl)cn2C1CC(CN2CCC2)C1. The summed E-state index contributed by atoms with van der Waals surface area (Å²) in [6, 6.07) is 18.5. The smallest absolute Gasteiger partial charge is 0.146 e. The Bertz CT molecular complexity index is 1600. The van der Waals surface area contributed by atoms with Gasteiger partial charge in [0.15, 0.2) is 0 Å². The summed E-state index contributed by atoms with van der Waals surface area (Å²) in [5.41, 5.74) is 11.0. The molecule has 1 saturated heterocycles. The van der Waals surface area contributed by atoms with Crippen LogP contribution >= 0.6 is 11.6 Å². The van der Waals surface area contributed by atoms with E-state index in [0.29, 0.717) is 16.9 Å². The van der Waals surface area contributed by atoms with Crippen LogP contribution in [-0.2, 0) is 0 Å². The van der Waals surface area contributed by atoms with Gasteiger partial charge in [-0.2, -0.15) is 0 Å². The minimum atomic E-state index is 0.413. The highest BCUT2D eigenvalue weighted by Crippen LogP contribution is 2.45. The molecule has 7 rings (SSSR count). The number of fused-ring (bicyclic) bond motifs is 2. The number of aromatic nitrogens is 4. The van der Waals surface area contributed by atoms with Crippen molar-refractivity contribution in [2.75, 3.05) is 30.7 Å². The highest BCUT2D eigenvalue weighted by atomic mass is 35.5. The van der Waals surface area contributed by atoms with E-state index in [4.69, 9.17) is 22.3 Å². The average Bonchev–Trinajstić information content (AvgIpc) is 3.23. The van der Waals surface area contributed by atoms with E-state index in [0.717, 1.165) is 63.3 Å². The largest absolute Gasteiger partial charge is 0.383 e. The summed E-state index contributed by atoms with van der Waals surface area (Å²) in [6.07, 6.45) is 7.37. The number of anilines is 3. The predicted octanol–water partition coefficient (Wildman–Crippen LogP) is 6.28. The van der Waals surface area contributed by atoms with Crippen LogP contribution in [0.2, 0.25) is 5.02 Å². The third kappa shape index (κ3) is 4.08. The Labute approximate surface area is 220 Å². The Morgan fingerprint density at radius 2 is 1.84 bits per heavy atom. The first-order valence-electron chi connectivity index (χ1n) is 12.9. The van der Waals surface area contributed by atoms with Crippen LogP contribution in [-0.4, -0.2) is 44.1 Å². The number of nitrogens with one attached hydrogen (secondary N) is 1. The first kappa shape index (κ1) is 22.5. The second-order valence-electron chi connectivity index (χ2n) is 10.3. The number of rotatable bonds is 6. The molecule has 1 saturated carbocycles. The van der Waals surface area contributed by atoms with Gasteiger partial charge in [0, 0.05) is 46.0 Å². The van der Waals surface area contributed by atoms with Gasteiger partial charge in [-0.3, -0.25) is 0 Å². The Morgan fingerprint density at radius 3 is 2.62 bits per heavy atom. The maximum Gasteiger partial charge on any atom is 0.146 e. The van der Waals surface area contributed by atoms with Crippen LogP contribution in [0.4, 0.5) is 17.3 Å². The van der Waals surface area contributed by atoms with Crippen molar-refractivity contribution in [3.63, 3.8) is 0 Å². The van der Waals surface area contributed by atoms with E-state index in [2.05, 4.69) is 30.9 Å². The van der Waals surface area contributed by atoms with Crippen molar-refractivity contribution in [2.24, 2.45) is 5.92 Å². The maximum atomic E-state index is 6.86. The molecule has 2 fully saturated rings. The molecule has 3 aromatic heterocycles. The standard InChI is InChI=1S/C29H28ClN7/c30-24-13-19-7-8-26(34-20-5-2-1-3-6-20)35-25(19)14-22(24)23-16-37(29-27(23)28(31)32-17-33-29)21-11-18(12-21)15-36-9-4-10-36/h1-3,5-8,13-14,16-18,21H,4,9-12,15H2,(H,34,35)(H2,31,32,33). The van der Waals surface area contributed by atoms with E-state index in [-0.39, 0.29) is 0 Å². The van der Waals surface area contributed by atoms with Gasteiger partial charge in [0.25, 0.3) is 0 Å². The molecule has 4 heterocycles. The van der Waals surface area contributed by atoms with Gasteiger partial charge in [0.05, 0.1) is 10.9 Å². The van der Waals surface area contributed by atoms with Crippen molar-refractivity contribution in [3.05, 3.63) is 72.1 Å². The lowest BCUT2D eigenvalue weighted by molar-refractivity contribution is 0.0921. The molecule has 0 atom stereocenters. The van der Waals surface area contributed by atoms with Crippen LogP contribution in [0.3, 0.4) is 0 Å². The van der Waals surface area contributed by atoms with Gasteiger partial charge in [0.1, 0.15) is 23.6 Å². The topological polar surface area (TPSA) is 84.9 Å². The molecule has 186 valence electrons. The summed E-state index contributed by atoms with van der Waals surface area (Å²) in [6.45, 7) is 3.71. The fourth-order valence-electron chi connectivity index (χ4n) is 5.69. The molecular formula is C29H28ClN7. The Hall–Kier alpha value is -3.68. The van der Waals surface area contributed by atoms with Crippen molar-refractivity contribution >= 4 is 50.9 Å². The lowest BCUT2D eigenvalue weighted by Crippen LogP contribution is -2.43. The monoisotopic (exact) mass is 509 g/mol. The summed E-state index contributed by atoms with van der Waals surface area (Å²) in [5, 5.41) is 5.87. The molecule has 0 spiro atoms. The molecule has 0 amide bonds. The quantitative estimate of drug-likeness (QED) is 0.280. The number of hydrogen-bond donors (Lipinski definition) is 2. The third-order valence-electron chi connectivity index (χ3n) is 7.82. The number of para-hydroxylation sites is 1. The number of nitrogens with zero attached hydrogens (tertiary/aromatic N) is 5. The van der Waals surface area contributed by atoms with E-state index >= 15 is 0 Å². The van der Waals surface area contributed by atoms with Gasteiger partial charge in [-0.1, -0.05) is 29.8 Å². The van der Waals surface area contributed by atoms with E-state index in [1.807, 2.05) is 54.6 Å². The van der Waals surface area contributed by atoms with E-state index in [9.17, 15) is 0 Å². The summed E-state index contributed by atoms with van der Waals surface area (Å²) in [5.74, 6) is 1.99. The number of nitrogens with two attached hydrogens (primary N) is 1. The maximum absolute atomic E-state index is 6.86. The first-order chi connectivity index (χ1) is 18.1. The fourth-order valence-corrected chi connectivity index (χ4v) is 5.96. The van der Waals surface area contributed by atoms with E-state index in [1.165, 1.54) is 26.1 Å². The molecule has 0 unspecified atom stereocenters. The molecule has 2 aromatic carbocycles. The normalized spacial score (nSPS) is 19.6. The molecule has 2 aliphatic rings. The van der Waals surface area contributed by atoms with Crippen molar-refractivity contribution in [3.8, 4) is 11.1 Å². The van der Waals surface area contributed by atoms with Crippen LogP contribution in [0.5, 0.6) is 0 Å². The molecule has 1 aliphatic heterocycles. The molecule has 37 heavy (non-hydrogen) atoms. The molecule has 1 aliphatic carbocycles. The second-order valence-corrected chi connectivity index (χ2v) is 10.7. The van der Waals surface area contributed by atoms with Crippen molar-refractivity contribution in [1.29, 1.82) is 0 Å². The van der Waals surface area contributed by atoms with Crippen LogP contribution in [0.15, 0.2) is 67.1 Å². The zero-order chi connectivity index (χ0) is 24.9. The van der Waals surface area contributed by atoms with Crippen molar-refractivity contribution < 1.29 is 0 Å². The Balaban J connectivity index is 1.26. The summed E-state index contributed by atoms with van der Waals surface area (Å²) in [4.78, 5) is 16.4. The third-order valence-corrected chi connectivity index (χ3v) is 8.14. The van der Waals surface area contributed by atoms with Gasteiger partial charge in [0.2, 0.25) is 0 Å². The second kappa shape index (κ2) is 9.01. The Morgan fingerprint density at radius 1 is 1.00 bits per heavy atom. The predicted molar refractivity (Wildman–Crippen MR) is 150 cm³/mol. The first-order valence-corrected chi connectivity index (χ1v) is 13.3. The van der Waals surface area contributed by atoms with Gasteiger partial charge in [-0.25, -0.2) is 15.0 Å². The lowest BCUT2D eigenvalue weighted by atomic mass is 9.79. The van der Waals surface area contributed by atoms with Crippen molar-refractivity contribution in [2.45, 2.75) is 25.3 Å². The average molecular weight is 510 g/mol. The zero-order valence-electron chi connectivity index (χ0n) is 20.4. The zero-order valence-corrected chi connectivity index (χ0v) is 21.2. The molecule has 0 bridgehead atoms. The highest BCUT2D eigenvalue weighted by molar-refractivity contribution is 6.34. The fraction of sp³-hybridized carbons (Fsp3) is 0.276. The molecule has 7 nitrogen and oxygen atoms in total. The minimum absolute atomic E-state index is 0.413. The number of pyridine rings is 1. The lowest BCUT2D eigenvalue weighted by Gasteiger charge is -2.42. The van der Waals surface area contributed by atoms with E-state index < -0.39 is 0 Å². The van der Waals surface area contributed by atoms with Gasteiger partial charge >= 0.3 is 0 Å². The number of nitrogen functional groups attached to an aromatic ring is 1. The van der Waals surface area contributed by atoms with E-state index in [1.54, 1.807) is 6.33 Å². The number of benzene rings is 2. The van der Waals surface area contributed by atoms with Crippen LogP contribution in [0.25, 0.3) is 33.1 Å². The van der Waals surface area contributed by atoms with Gasteiger partial charge in [-0.05, 0) is 74.7 Å². The number of hydrogen-bond acceptors (Lipinski definition) is 6. The molecular weight excluding hydrogens is 482 g/mol. The Kier molecular flexibility index (Phi) is 5.48. The minimum Gasteiger partial charge on any atom is -0.383 e. The van der Waals surface area contributed by atoms with Crippen LogP contribution < -0.4 is 11.1 Å². The number of halogens is 1. The van der Waals surface area contributed by atoms with Crippen LogP contribution in [0, 0.1) is 5.92 Å². The summed E-state index contributed by atoms with van der Waals surface area (Å²) >= 11 is 6.86. The number of likely N-dealkylation sites (tertiary alicyclic amines) is 1. The molecule has 5 aromatic rings. The van der Waals surface area contributed by atoms with Crippen molar-refractivity contribution in [1.82, 2.24) is 24.4 Å². The van der Waals surface area contributed by atoms with Gasteiger partial charge < -0.3 is 20.5 Å². The van der Waals surface area contributed by atoms with Crippen LogP contribution in [0.1, 0.15) is 25.3 Å². The van der Waals surface area contributed by atoms with Gasteiger partial charge in [-0.15, -0.1) is 0 Å². The molecule has 8 heteroatoms. The highest BCUT2D eigenvalue weighted by Gasteiger charge is 2.34.